The van der Waals surface area contributed by atoms with Gasteiger partial charge in [0.25, 0.3) is 0 Å². The Labute approximate surface area is 145 Å². The highest BCUT2D eigenvalue weighted by molar-refractivity contribution is 5.89. The van der Waals surface area contributed by atoms with Crippen LogP contribution in [0.3, 0.4) is 0 Å². The van der Waals surface area contributed by atoms with E-state index in [4.69, 9.17) is 9.97 Å². The van der Waals surface area contributed by atoms with E-state index < -0.39 is 0 Å². The van der Waals surface area contributed by atoms with E-state index in [1.165, 1.54) is 6.33 Å². The van der Waals surface area contributed by atoms with Gasteiger partial charge in [0.1, 0.15) is 6.33 Å². The maximum atomic E-state index is 4.89. The molecule has 0 saturated heterocycles. The number of aromatic nitrogens is 4. The first-order chi connectivity index (χ1) is 12.4. The first kappa shape index (κ1) is 15.2. The van der Waals surface area contributed by atoms with Gasteiger partial charge >= 0.3 is 0 Å². The second kappa shape index (κ2) is 6.65. The van der Waals surface area contributed by atoms with Crippen molar-refractivity contribution in [2.24, 2.45) is 0 Å². The largest absolute Gasteiger partial charge is 0.368 e. The van der Waals surface area contributed by atoms with Gasteiger partial charge in [-0.1, -0.05) is 60.7 Å². The fraction of sp³-hybridized carbons (Fsp3) is 0.100. The summed E-state index contributed by atoms with van der Waals surface area (Å²) in [5.41, 5.74) is 4.95. The lowest BCUT2D eigenvalue weighted by atomic mass is 10.0. The quantitative estimate of drug-likeness (QED) is 0.609. The van der Waals surface area contributed by atoms with Crippen molar-refractivity contribution in [1.29, 1.82) is 0 Å². The second-order valence-corrected chi connectivity index (χ2v) is 5.58. The molecule has 25 heavy (non-hydrogen) atoms. The van der Waals surface area contributed by atoms with Crippen molar-refractivity contribution in [3.63, 3.8) is 0 Å². The van der Waals surface area contributed by atoms with Crippen LogP contribution in [0.15, 0.2) is 67.0 Å². The number of hydrogen-bond donors (Lipinski definition) is 1. The summed E-state index contributed by atoms with van der Waals surface area (Å²) in [6.07, 6.45) is 1.52. The van der Waals surface area contributed by atoms with Crippen LogP contribution >= 0.6 is 0 Å². The Morgan fingerprint density at radius 3 is 1.96 bits per heavy atom. The van der Waals surface area contributed by atoms with Gasteiger partial charge in [-0.25, -0.2) is 19.9 Å². The molecule has 2 aromatic carbocycles. The van der Waals surface area contributed by atoms with E-state index in [1.807, 2.05) is 67.6 Å². The zero-order valence-corrected chi connectivity index (χ0v) is 13.8. The predicted octanol–water partition coefficient (Wildman–Crippen LogP) is 4.19. The van der Waals surface area contributed by atoms with Gasteiger partial charge < -0.3 is 5.32 Å². The van der Waals surface area contributed by atoms with Crippen LogP contribution in [0.2, 0.25) is 0 Å². The smallest absolute Gasteiger partial charge is 0.184 e. The Kier molecular flexibility index (Phi) is 4.04. The number of nitrogens with one attached hydrogen (secondary N) is 1. The van der Waals surface area contributed by atoms with Crippen molar-refractivity contribution in [1.82, 2.24) is 19.9 Å². The van der Waals surface area contributed by atoms with Crippen molar-refractivity contribution in [3.8, 4) is 22.5 Å². The molecule has 2 aromatic heterocycles. The molecular weight excluding hydrogens is 310 g/mol. The zero-order chi connectivity index (χ0) is 17.1. The third kappa shape index (κ3) is 2.92. The van der Waals surface area contributed by atoms with Crippen LogP contribution in [0.1, 0.15) is 6.92 Å². The van der Waals surface area contributed by atoms with E-state index in [2.05, 4.69) is 15.3 Å². The van der Waals surface area contributed by atoms with Crippen LogP contribution in [-0.2, 0) is 0 Å². The Hall–Kier alpha value is -3.34. The summed E-state index contributed by atoms with van der Waals surface area (Å²) in [4.78, 5) is 18.3. The van der Waals surface area contributed by atoms with Crippen molar-refractivity contribution >= 4 is 17.0 Å². The van der Waals surface area contributed by atoms with Crippen LogP contribution in [0.4, 0.5) is 5.82 Å². The highest BCUT2D eigenvalue weighted by atomic mass is 15.1. The van der Waals surface area contributed by atoms with Gasteiger partial charge in [0.2, 0.25) is 0 Å². The lowest BCUT2D eigenvalue weighted by molar-refractivity contribution is 1.11. The predicted molar refractivity (Wildman–Crippen MR) is 100 cm³/mol. The number of hydrogen-bond acceptors (Lipinski definition) is 5. The summed E-state index contributed by atoms with van der Waals surface area (Å²) in [5, 5.41) is 3.23. The van der Waals surface area contributed by atoms with E-state index in [1.54, 1.807) is 0 Å². The van der Waals surface area contributed by atoms with Gasteiger partial charge in [-0.3, -0.25) is 0 Å². The van der Waals surface area contributed by atoms with Crippen LogP contribution < -0.4 is 5.32 Å². The molecule has 0 radical (unpaired) electrons. The fourth-order valence-electron chi connectivity index (χ4n) is 2.77. The van der Waals surface area contributed by atoms with Gasteiger partial charge in [-0.05, 0) is 6.92 Å². The Balaban J connectivity index is 2.03. The summed E-state index contributed by atoms with van der Waals surface area (Å²) in [6, 6.07) is 20.1. The molecule has 0 atom stereocenters. The van der Waals surface area contributed by atoms with Crippen LogP contribution in [0.25, 0.3) is 33.7 Å². The average molecular weight is 327 g/mol. The van der Waals surface area contributed by atoms with Gasteiger partial charge in [-0.2, -0.15) is 0 Å². The lowest BCUT2D eigenvalue weighted by Gasteiger charge is -2.12. The molecular formula is C20H17N5. The maximum absolute atomic E-state index is 4.89. The van der Waals surface area contributed by atoms with E-state index in [-0.39, 0.29) is 0 Å². The number of anilines is 1. The second-order valence-electron chi connectivity index (χ2n) is 5.58. The Morgan fingerprint density at radius 2 is 1.36 bits per heavy atom. The Morgan fingerprint density at radius 1 is 0.760 bits per heavy atom. The topological polar surface area (TPSA) is 63.6 Å². The molecule has 5 nitrogen and oxygen atoms in total. The zero-order valence-electron chi connectivity index (χ0n) is 13.8. The highest BCUT2D eigenvalue weighted by Gasteiger charge is 2.15. The first-order valence-corrected chi connectivity index (χ1v) is 8.24. The third-order valence-electron chi connectivity index (χ3n) is 3.91. The lowest BCUT2D eigenvalue weighted by Crippen LogP contribution is -2.04. The van der Waals surface area contributed by atoms with E-state index in [0.717, 1.165) is 29.1 Å². The maximum Gasteiger partial charge on any atom is 0.184 e. The number of fused-ring (bicyclic) bond motifs is 1. The van der Waals surface area contributed by atoms with Crippen molar-refractivity contribution in [3.05, 3.63) is 67.0 Å². The molecule has 0 aliphatic carbocycles. The molecule has 0 saturated carbocycles. The number of benzene rings is 2. The van der Waals surface area contributed by atoms with E-state index in [0.29, 0.717) is 17.0 Å². The normalized spacial score (nSPS) is 10.8. The summed E-state index contributed by atoms with van der Waals surface area (Å²) in [5.74, 6) is 0.705. The molecule has 5 heteroatoms. The Bertz CT molecular complexity index is 1000. The molecule has 0 bridgehead atoms. The van der Waals surface area contributed by atoms with Gasteiger partial charge in [-0.15, -0.1) is 0 Å². The average Bonchev–Trinajstić information content (AvgIpc) is 2.69. The number of nitrogens with zero attached hydrogens (tertiary/aromatic N) is 4. The molecule has 1 N–H and O–H groups in total. The molecule has 0 aliphatic heterocycles. The van der Waals surface area contributed by atoms with Gasteiger partial charge in [0.05, 0.1) is 11.4 Å². The minimum Gasteiger partial charge on any atom is -0.368 e. The standard InChI is InChI=1S/C20H17N5/c1-2-21-19-18-20(23-13-22-19)25-17(15-11-7-4-8-12-15)16(24-18)14-9-5-3-6-10-14/h3-13H,2H2,1H3,(H,21,22,23,25). The minimum atomic E-state index is 0.587. The molecule has 4 rings (SSSR count). The van der Waals surface area contributed by atoms with Crippen LogP contribution in [0, 0.1) is 0 Å². The van der Waals surface area contributed by atoms with Crippen molar-refractivity contribution in [2.75, 3.05) is 11.9 Å². The van der Waals surface area contributed by atoms with Gasteiger partial charge in [0.15, 0.2) is 17.0 Å². The van der Waals surface area contributed by atoms with Gasteiger partial charge in [0, 0.05) is 17.7 Å². The molecule has 0 aliphatic rings. The van der Waals surface area contributed by atoms with E-state index >= 15 is 0 Å². The molecule has 0 amide bonds. The SMILES string of the molecule is CCNc1ncnc2nc(-c3ccccc3)c(-c3ccccc3)nc12. The highest BCUT2D eigenvalue weighted by Crippen LogP contribution is 2.31. The molecule has 4 aromatic rings. The number of rotatable bonds is 4. The molecule has 122 valence electrons. The van der Waals surface area contributed by atoms with Crippen molar-refractivity contribution < 1.29 is 0 Å². The molecule has 0 unspecified atom stereocenters. The molecule has 0 spiro atoms. The van der Waals surface area contributed by atoms with Crippen molar-refractivity contribution in [2.45, 2.75) is 6.92 Å². The first-order valence-electron chi connectivity index (χ1n) is 8.24. The summed E-state index contributed by atoms with van der Waals surface area (Å²) >= 11 is 0. The minimum absolute atomic E-state index is 0.587. The van der Waals surface area contributed by atoms with Crippen LogP contribution in [0.5, 0.6) is 0 Å². The van der Waals surface area contributed by atoms with Crippen LogP contribution in [-0.4, -0.2) is 26.5 Å². The fourth-order valence-corrected chi connectivity index (χ4v) is 2.77. The molecule has 2 heterocycles. The molecule has 0 fully saturated rings. The summed E-state index contributed by atoms with van der Waals surface area (Å²) in [6.45, 7) is 2.78. The third-order valence-corrected chi connectivity index (χ3v) is 3.91. The summed E-state index contributed by atoms with van der Waals surface area (Å²) < 4.78 is 0. The van der Waals surface area contributed by atoms with E-state index in [9.17, 15) is 0 Å². The summed E-state index contributed by atoms with van der Waals surface area (Å²) in [7, 11) is 0. The monoisotopic (exact) mass is 327 g/mol.